The molecular formula is C10H5F7O2. The Balaban J connectivity index is 3.10. The molecule has 0 atom stereocenters. The number of rotatable bonds is 3. The minimum Gasteiger partial charge on any atom is -0.471 e. The lowest BCUT2D eigenvalue weighted by molar-refractivity contribution is -0.299. The summed E-state index contributed by atoms with van der Waals surface area (Å²) in [7, 11) is 0. The standard InChI is InChI=1S/C10H5F7O2/c11-6-1-5(4-18)2-7(3-6)19-8(9(12,13)14)10(15,16)17/h1-4,8H. The van der Waals surface area contributed by atoms with E-state index in [2.05, 4.69) is 4.74 Å². The first-order valence-electron chi connectivity index (χ1n) is 4.60. The predicted molar refractivity (Wildman–Crippen MR) is 48.3 cm³/mol. The average molecular weight is 290 g/mol. The molecule has 106 valence electrons. The number of alkyl halides is 6. The van der Waals surface area contributed by atoms with Crippen molar-refractivity contribution in [2.24, 2.45) is 0 Å². The molecule has 0 aliphatic rings. The zero-order valence-electron chi connectivity index (χ0n) is 8.85. The van der Waals surface area contributed by atoms with Crippen LogP contribution in [0.4, 0.5) is 30.7 Å². The second-order valence-corrected chi connectivity index (χ2v) is 3.42. The Morgan fingerprint density at radius 3 is 1.95 bits per heavy atom. The number of hydrogen-bond acceptors (Lipinski definition) is 2. The summed E-state index contributed by atoms with van der Waals surface area (Å²) in [4.78, 5) is 10.3. The van der Waals surface area contributed by atoms with E-state index in [1.807, 2.05) is 0 Å². The molecule has 19 heavy (non-hydrogen) atoms. The molecule has 0 aliphatic heterocycles. The lowest BCUT2D eigenvalue weighted by Crippen LogP contribution is -2.46. The molecule has 0 unspecified atom stereocenters. The maximum atomic E-state index is 12.9. The van der Waals surface area contributed by atoms with Gasteiger partial charge in [-0.2, -0.15) is 26.3 Å². The van der Waals surface area contributed by atoms with Crippen molar-refractivity contribution in [3.8, 4) is 5.75 Å². The smallest absolute Gasteiger partial charge is 0.434 e. The summed E-state index contributed by atoms with van der Waals surface area (Å²) in [6, 6.07) is 1.52. The summed E-state index contributed by atoms with van der Waals surface area (Å²) in [6.45, 7) is 0. The predicted octanol–water partition coefficient (Wildman–Crippen LogP) is 3.51. The maximum absolute atomic E-state index is 12.9. The van der Waals surface area contributed by atoms with Gasteiger partial charge in [0.1, 0.15) is 17.9 Å². The molecular weight excluding hydrogens is 285 g/mol. The van der Waals surface area contributed by atoms with E-state index in [4.69, 9.17) is 0 Å². The first-order valence-corrected chi connectivity index (χ1v) is 4.60. The summed E-state index contributed by atoms with van der Waals surface area (Å²) >= 11 is 0. The largest absolute Gasteiger partial charge is 0.471 e. The normalized spacial score (nSPS) is 12.6. The highest BCUT2D eigenvalue weighted by Crippen LogP contribution is 2.36. The van der Waals surface area contributed by atoms with Crippen LogP contribution < -0.4 is 4.74 Å². The van der Waals surface area contributed by atoms with Gasteiger partial charge in [0.25, 0.3) is 6.10 Å². The number of benzene rings is 1. The molecule has 2 nitrogen and oxygen atoms in total. The van der Waals surface area contributed by atoms with Crippen molar-refractivity contribution in [2.75, 3.05) is 0 Å². The SMILES string of the molecule is O=Cc1cc(F)cc(OC(C(F)(F)F)C(F)(F)F)c1. The molecule has 0 N–H and O–H groups in total. The Bertz CT molecular complexity index is 450. The third kappa shape index (κ3) is 4.11. The lowest BCUT2D eigenvalue weighted by atomic mass is 10.2. The number of ether oxygens (including phenoxy) is 1. The van der Waals surface area contributed by atoms with E-state index in [1.165, 1.54) is 0 Å². The molecule has 9 heteroatoms. The lowest BCUT2D eigenvalue weighted by Gasteiger charge is -2.23. The third-order valence-corrected chi connectivity index (χ3v) is 1.88. The van der Waals surface area contributed by atoms with Gasteiger partial charge < -0.3 is 4.74 Å². The number of aldehydes is 1. The number of hydrogen-bond donors (Lipinski definition) is 0. The number of halogens is 7. The van der Waals surface area contributed by atoms with Gasteiger partial charge in [-0.05, 0) is 12.1 Å². The van der Waals surface area contributed by atoms with Crippen LogP contribution in [-0.4, -0.2) is 24.7 Å². The van der Waals surface area contributed by atoms with Crippen molar-refractivity contribution in [3.63, 3.8) is 0 Å². The van der Waals surface area contributed by atoms with Gasteiger partial charge in [0.05, 0.1) is 0 Å². The number of carbonyl (C=O) groups excluding carboxylic acids is 1. The van der Waals surface area contributed by atoms with Gasteiger partial charge in [0.2, 0.25) is 0 Å². The van der Waals surface area contributed by atoms with Crippen molar-refractivity contribution < 1.29 is 40.3 Å². The molecule has 1 aromatic carbocycles. The van der Waals surface area contributed by atoms with Gasteiger partial charge in [-0.1, -0.05) is 0 Å². The van der Waals surface area contributed by atoms with Crippen LogP contribution in [0.15, 0.2) is 18.2 Å². The molecule has 1 aromatic rings. The van der Waals surface area contributed by atoms with Gasteiger partial charge in [-0.3, -0.25) is 4.79 Å². The van der Waals surface area contributed by atoms with E-state index in [-0.39, 0.29) is 6.29 Å². The highest BCUT2D eigenvalue weighted by molar-refractivity contribution is 5.75. The van der Waals surface area contributed by atoms with Crippen molar-refractivity contribution in [1.82, 2.24) is 0 Å². The quantitative estimate of drug-likeness (QED) is 0.629. The van der Waals surface area contributed by atoms with Crippen molar-refractivity contribution in [2.45, 2.75) is 18.5 Å². The Morgan fingerprint density at radius 1 is 1.00 bits per heavy atom. The van der Waals surface area contributed by atoms with E-state index >= 15 is 0 Å². The monoisotopic (exact) mass is 290 g/mol. The highest BCUT2D eigenvalue weighted by Gasteiger charge is 2.59. The number of carbonyl (C=O) groups is 1. The molecule has 0 aromatic heterocycles. The summed E-state index contributed by atoms with van der Waals surface area (Å²) in [6.07, 6.45) is -15.5. The highest BCUT2D eigenvalue weighted by atomic mass is 19.4. The van der Waals surface area contributed by atoms with Crippen LogP contribution in [0.5, 0.6) is 5.75 Å². The minimum absolute atomic E-state index is 0.0616. The van der Waals surface area contributed by atoms with Gasteiger partial charge in [0, 0.05) is 11.6 Å². The van der Waals surface area contributed by atoms with Gasteiger partial charge in [0.15, 0.2) is 0 Å². The second-order valence-electron chi connectivity index (χ2n) is 3.42. The summed E-state index contributed by atoms with van der Waals surface area (Å²) in [5.74, 6) is -2.23. The molecule has 0 saturated carbocycles. The third-order valence-electron chi connectivity index (χ3n) is 1.88. The molecule has 0 spiro atoms. The molecule has 0 radical (unpaired) electrons. The fourth-order valence-corrected chi connectivity index (χ4v) is 1.18. The van der Waals surface area contributed by atoms with Gasteiger partial charge in [-0.15, -0.1) is 0 Å². The topological polar surface area (TPSA) is 26.3 Å². The summed E-state index contributed by atoms with van der Waals surface area (Å²) in [5.41, 5.74) is -0.446. The van der Waals surface area contributed by atoms with E-state index in [0.29, 0.717) is 18.2 Å². The minimum atomic E-state index is -5.72. The molecule has 0 bridgehead atoms. The molecule has 0 fully saturated rings. The fourth-order valence-electron chi connectivity index (χ4n) is 1.18. The van der Waals surface area contributed by atoms with E-state index < -0.39 is 35.6 Å². The van der Waals surface area contributed by atoms with E-state index in [1.54, 1.807) is 0 Å². The van der Waals surface area contributed by atoms with Crippen LogP contribution in [0, 0.1) is 5.82 Å². The van der Waals surface area contributed by atoms with Crippen molar-refractivity contribution >= 4 is 6.29 Å². The van der Waals surface area contributed by atoms with Crippen LogP contribution in [0.1, 0.15) is 10.4 Å². The molecule has 0 aliphatic carbocycles. The molecule has 0 saturated heterocycles. The second kappa shape index (κ2) is 5.06. The first kappa shape index (κ1) is 15.3. The van der Waals surface area contributed by atoms with Crippen LogP contribution in [-0.2, 0) is 0 Å². The summed E-state index contributed by atoms with van der Waals surface area (Å²) in [5, 5.41) is 0. The van der Waals surface area contributed by atoms with Crippen LogP contribution >= 0.6 is 0 Å². The maximum Gasteiger partial charge on any atom is 0.434 e. The zero-order chi connectivity index (χ0) is 14.8. The molecule has 0 amide bonds. The van der Waals surface area contributed by atoms with Crippen molar-refractivity contribution in [3.05, 3.63) is 29.6 Å². The summed E-state index contributed by atoms with van der Waals surface area (Å²) < 4.78 is 89.6. The first-order chi connectivity index (χ1) is 8.54. The van der Waals surface area contributed by atoms with Crippen LogP contribution in [0.25, 0.3) is 0 Å². The van der Waals surface area contributed by atoms with Crippen LogP contribution in [0.3, 0.4) is 0 Å². The van der Waals surface area contributed by atoms with E-state index in [0.717, 1.165) is 0 Å². The van der Waals surface area contributed by atoms with Gasteiger partial charge in [-0.25, -0.2) is 4.39 Å². The average Bonchev–Trinajstić information content (AvgIpc) is 2.22. The van der Waals surface area contributed by atoms with Crippen molar-refractivity contribution in [1.29, 1.82) is 0 Å². The molecule has 0 heterocycles. The fraction of sp³-hybridized carbons (Fsp3) is 0.300. The van der Waals surface area contributed by atoms with Gasteiger partial charge >= 0.3 is 12.4 Å². The molecule has 1 rings (SSSR count). The zero-order valence-corrected chi connectivity index (χ0v) is 8.85. The Morgan fingerprint density at radius 2 is 1.53 bits per heavy atom. The Hall–Kier alpha value is -1.80. The van der Waals surface area contributed by atoms with Crippen LogP contribution in [0.2, 0.25) is 0 Å². The van der Waals surface area contributed by atoms with E-state index in [9.17, 15) is 35.5 Å². The Kier molecular flexibility index (Phi) is 4.06. The Labute approximate surface area is 101 Å².